The van der Waals surface area contributed by atoms with Crippen LogP contribution in [-0.4, -0.2) is 44.3 Å². The van der Waals surface area contributed by atoms with Crippen molar-refractivity contribution >= 4 is 15.9 Å². The van der Waals surface area contributed by atoms with Gasteiger partial charge in [-0.15, -0.1) is 0 Å². The number of nitrogens with zero attached hydrogens (tertiary/aromatic N) is 1. The second-order valence-corrected chi connectivity index (χ2v) is 9.42. The monoisotopic (exact) mass is 381 g/mol. The summed E-state index contributed by atoms with van der Waals surface area (Å²) in [4.78, 5) is 12.9. The number of hydrogen-bond donors (Lipinski definition) is 2. The van der Waals surface area contributed by atoms with Gasteiger partial charge in [0.15, 0.2) is 0 Å². The zero-order chi connectivity index (χ0) is 19.3. The first-order valence-electron chi connectivity index (χ1n) is 9.37. The van der Waals surface area contributed by atoms with Crippen molar-refractivity contribution in [1.29, 1.82) is 0 Å². The van der Waals surface area contributed by atoms with Crippen LogP contribution in [0.3, 0.4) is 0 Å². The van der Waals surface area contributed by atoms with Crippen LogP contribution in [0.4, 0.5) is 0 Å². The number of nitrogens with two attached hydrogens (primary N) is 1. The third-order valence-corrected chi connectivity index (χ3v) is 6.68. The minimum absolute atomic E-state index is 0.121. The van der Waals surface area contributed by atoms with Gasteiger partial charge in [-0.1, -0.05) is 26.3 Å². The van der Waals surface area contributed by atoms with Gasteiger partial charge in [-0.25, -0.2) is 8.42 Å². The first-order valence-corrected chi connectivity index (χ1v) is 10.8. The normalized spacial score (nSPS) is 17.3. The maximum absolute atomic E-state index is 12.9. The van der Waals surface area contributed by atoms with E-state index < -0.39 is 10.0 Å². The highest BCUT2D eigenvalue weighted by Crippen LogP contribution is 2.23. The molecule has 1 aliphatic heterocycles. The van der Waals surface area contributed by atoms with Crippen molar-refractivity contribution in [2.24, 2.45) is 11.7 Å². The molecule has 0 bridgehead atoms. The predicted octanol–water partition coefficient (Wildman–Crippen LogP) is 2.27. The van der Waals surface area contributed by atoms with Crippen molar-refractivity contribution < 1.29 is 13.2 Å². The number of amides is 1. The maximum Gasteiger partial charge on any atom is 0.251 e. The van der Waals surface area contributed by atoms with E-state index in [1.165, 1.54) is 10.4 Å². The van der Waals surface area contributed by atoms with Gasteiger partial charge in [0, 0.05) is 31.2 Å². The SMILES string of the molecule is Cc1ccc(S(=O)(=O)N2CCCCC2)cc1C(=O)NC(CN)CC(C)C. The summed E-state index contributed by atoms with van der Waals surface area (Å²) in [5, 5.41) is 2.94. The van der Waals surface area contributed by atoms with Crippen molar-refractivity contribution in [2.45, 2.75) is 57.4 Å². The molecule has 146 valence electrons. The first-order chi connectivity index (χ1) is 12.3. The van der Waals surface area contributed by atoms with E-state index in [2.05, 4.69) is 19.2 Å². The average Bonchev–Trinajstić information content (AvgIpc) is 2.61. The second-order valence-electron chi connectivity index (χ2n) is 7.48. The zero-order valence-electron chi connectivity index (χ0n) is 16.0. The Hall–Kier alpha value is -1.44. The molecule has 0 aromatic heterocycles. The summed E-state index contributed by atoms with van der Waals surface area (Å²) in [6, 6.07) is 4.66. The lowest BCUT2D eigenvalue weighted by molar-refractivity contribution is 0.0933. The van der Waals surface area contributed by atoms with E-state index in [0.717, 1.165) is 31.2 Å². The third-order valence-electron chi connectivity index (χ3n) is 4.78. The summed E-state index contributed by atoms with van der Waals surface area (Å²) in [6.45, 7) is 7.40. The highest BCUT2D eigenvalue weighted by atomic mass is 32.2. The van der Waals surface area contributed by atoms with Crippen LogP contribution in [0.25, 0.3) is 0 Å². The summed E-state index contributed by atoms with van der Waals surface area (Å²) in [6.07, 6.45) is 3.61. The van der Waals surface area contributed by atoms with Gasteiger partial charge in [-0.05, 0) is 49.8 Å². The largest absolute Gasteiger partial charge is 0.348 e. The Kier molecular flexibility index (Phi) is 7.20. The summed E-state index contributed by atoms with van der Waals surface area (Å²) < 4.78 is 27.3. The fourth-order valence-corrected chi connectivity index (χ4v) is 4.85. The topological polar surface area (TPSA) is 92.5 Å². The summed E-state index contributed by atoms with van der Waals surface area (Å²) in [5.74, 6) is 0.144. The average molecular weight is 382 g/mol. The Morgan fingerprint density at radius 2 is 1.88 bits per heavy atom. The molecule has 1 amide bonds. The van der Waals surface area contributed by atoms with Gasteiger partial charge in [0.05, 0.1) is 4.90 Å². The van der Waals surface area contributed by atoms with E-state index >= 15 is 0 Å². The molecule has 0 radical (unpaired) electrons. The lowest BCUT2D eigenvalue weighted by atomic mass is 10.0. The molecule has 1 unspecified atom stereocenters. The van der Waals surface area contributed by atoms with Crippen LogP contribution >= 0.6 is 0 Å². The van der Waals surface area contributed by atoms with E-state index in [0.29, 0.717) is 31.1 Å². The Morgan fingerprint density at radius 1 is 1.23 bits per heavy atom. The predicted molar refractivity (Wildman–Crippen MR) is 104 cm³/mol. The molecule has 1 aliphatic rings. The molecule has 26 heavy (non-hydrogen) atoms. The van der Waals surface area contributed by atoms with Crippen LogP contribution < -0.4 is 11.1 Å². The summed E-state index contributed by atoms with van der Waals surface area (Å²) in [7, 11) is -3.56. The first kappa shape index (κ1) is 20.9. The molecule has 0 aliphatic carbocycles. The van der Waals surface area contributed by atoms with Gasteiger partial charge < -0.3 is 11.1 Å². The van der Waals surface area contributed by atoms with Crippen LogP contribution in [0.15, 0.2) is 23.1 Å². The number of benzene rings is 1. The fraction of sp³-hybridized carbons (Fsp3) is 0.632. The zero-order valence-corrected chi connectivity index (χ0v) is 16.8. The fourth-order valence-electron chi connectivity index (χ4n) is 3.31. The van der Waals surface area contributed by atoms with E-state index in [1.54, 1.807) is 12.1 Å². The van der Waals surface area contributed by atoms with Crippen LogP contribution in [-0.2, 0) is 10.0 Å². The van der Waals surface area contributed by atoms with Gasteiger partial charge >= 0.3 is 0 Å². The number of sulfonamides is 1. The lowest BCUT2D eigenvalue weighted by Crippen LogP contribution is -2.41. The van der Waals surface area contributed by atoms with Crippen molar-refractivity contribution in [3.8, 4) is 0 Å². The van der Waals surface area contributed by atoms with E-state index in [4.69, 9.17) is 5.73 Å². The van der Waals surface area contributed by atoms with Gasteiger partial charge in [0.1, 0.15) is 0 Å². The van der Waals surface area contributed by atoms with E-state index in [9.17, 15) is 13.2 Å². The quantitative estimate of drug-likeness (QED) is 0.758. The molecule has 0 saturated carbocycles. The molecular formula is C19H31N3O3S. The number of carbonyl (C=O) groups is 1. The Labute approximate surface area is 157 Å². The van der Waals surface area contributed by atoms with E-state index in [-0.39, 0.29) is 16.8 Å². The molecule has 6 nitrogen and oxygen atoms in total. The number of piperidine rings is 1. The molecule has 1 aromatic rings. The third kappa shape index (κ3) is 5.05. The molecule has 1 heterocycles. The van der Waals surface area contributed by atoms with Crippen LogP contribution in [0.2, 0.25) is 0 Å². The molecule has 1 aromatic carbocycles. The smallest absolute Gasteiger partial charge is 0.251 e. The van der Waals surface area contributed by atoms with Crippen molar-refractivity contribution in [3.05, 3.63) is 29.3 Å². The number of carbonyl (C=O) groups excluding carboxylic acids is 1. The van der Waals surface area contributed by atoms with Crippen molar-refractivity contribution in [3.63, 3.8) is 0 Å². The Bertz CT molecular complexity index is 726. The van der Waals surface area contributed by atoms with Gasteiger partial charge in [0.2, 0.25) is 10.0 Å². The lowest BCUT2D eigenvalue weighted by Gasteiger charge is -2.26. The molecular weight excluding hydrogens is 350 g/mol. The summed E-state index contributed by atoms with van der Waals surface area (Å²) >= 11 is 0. The van der Waals surface area contributed by atoms with Crippen LogP contribution in [0.5, 0.6) is 0 Å². The number of rotatable bonds is 7. The number of hydrogen-bond acceptors (Lipinski definition) is 4. The highest BCUT2D eigenvalue weighted by Gasteiger charge is 2.27. The molecule has 3 N–H and O–H groups in total. The Balaban J connectivity index is 2.24. The minimum atomic E-state index is -3.56. The minimum Gasteiger partial charge on any atom is -0.348 e. The van der Waals surface area contributed by atoms with Crippen molar-refractivity contribution in [2.75, 3.05) is 19.6 Å². The molecule has 0 spiro atoms. The molecule has 1 fully saturated rings. The van der Waals surface area contributed by atoms with E-state index in [1.807, 2.05) is 6.92 Å². The summed E-state index contributed by atoms with van der Waals surface area (Å²) in [5.41, 5.74) is 6.91. The number of nitrogens with one attached hydrogen (secondary N) is 1. The maximum atomic E-state index is 12.9. The van der Waals surface area contributed by atoms with Gasteiger partial charge in [0.25, 0.3) is 5.91 Å². The van der Waals surface area contributed by atoms with Crippen LogP contribution in [0, 0.1) is 12.8 Å². The number of aryl methyl sites for hydroxylation is 1. The standard InChI is InChI=1S/C19H31N3O3S/c1-14(2)11-16(13-20)21-19(23)18-12-17(8-7-15(18)3)26(24,25)22-9-5-4-6-10-22/h7-8,12,14,16H,4-6,9-11,13,20H2,1-3H3,(H,21,23). The van der Waals surface area contributed by atoms with Crippen LogP contribution in [0.1, 0.15) is 55.5 Å². The second kappa shape index (κ2) is 8.97. The Morgan fingerprint density at radius 3 is 2.46 bits per heavy atom. The van der Waals surface area contributed by atoms with Gasteiger partial charge in [-0.3, -0.25) is 4.79 Å². The van der Waals surface area contributed by atoms with Gasteiger partial charge in [-0.2, -0.15) is 4.31 Å². The van der Waals surface area contributed by atoms with Crippen molar-refractivity contribution in [1.82, 2.24) is 9.62 Å². The highest BCUT2D eigenvalue weighted by molar-refractivity contribution is 7.89. The molecule has 2 rings (SSSR count). The molecule has 1 saturated heterocycles. The molecule has 1 atom stereocenters. The molecule has 7 heteroatoms.